The zero-order chi connectivity index (χ0) is 9.02. The second-order valence-corrected chi connectivity index (χ2v) is 2.04. The van der Waals surface area contributed by atoms with Crippen molar-refractivity contribution < 1.29 is 14.6 Å². The lowest BCUT2D eigenvalue weighted by molar-refractivity contribution is 0.0487. The third kappa shape index (κ3) is 3.41. The fraction of sp³-hybridized carbons (Fsp3) is 0.600. The summed E-state index contributed by atoms with van der Waals surface area (Å²) in [5, 5.41) is 15.7. The van der Waals surface area contributed by atoms with Crippen LogP contribution in [0.4, 0.5) is 4.79 Å². The molecule has 0 saturated heterocycles. The second-order valence-electron chi connectivity index (χ2n) is 2.04. The fourth-order valence-corrected chi connectivity index (χ4v) is 0.501. The Bertz CT molecular complexity index is 170. The van der Waals surface area contributed by atoms with Gasteiger partial charge in [0, 0.05) is 0 Å². The highest BCUT2D eigenvalue weighted by atomic mass is 16.6. The van der Waals surface area contributed by atoms with Crippen LogP contribution in [-0.4, -0.2) is 29.2 Å². The molecule has 0 aromatic carbocycles. The molecule has 0 aromatic heterocycles. The first-order valence-corrected chi connectivity index (χ1v) is 2.93. The van der Waals surface area contributed by atoms with E-state index in [0.717, 1.165) is 0 Å². The van der Waals surface area contributed by atoms with Gasteiger partial charge in [-0.05, 0) is 6.92 Å². The molecule has 0 bridgehead atoms. The maximum Gasteiger partial charge on any atom is 0.404 e. The fourth-order valence-electron chi connectivity index (χ4n) is 0.501. The first kappa shape index (κ1) is 9.70. The van der Waals surface area contributed by atoms with E-state index in [-0.39, 0.29) is 0 Å². The molecule has 2 atom stereocenters. The van der Waals surface area contributed by atoms with Gasteiger partial charge in [0.1, 0.15) is 18.0 Å². The van der Waals surface area contributed by atoms with E-state index in [1.54, 1.807) is 0 Å². The smallest absolute Gasteiger partial charge is 0.404 e. The van der Waals surface area contributed by atoms with Crippen LogP contribution in [0, 0.1) is 5.41 Å². The van der Waals surface area contributed by atoms with Crippen molar-refractivity contribution in [3.05, 3.63) is 0 Å². The molecular weight excluding hydrogens is 150 g/mol. The van der Waals surface area contributed by atoms with Gasteiger partial charge in [-0.3, -0.25) is 5.41 Å². The van der Waals surface area contributed by atoms with Crippen LogP contribution >= 0.6 is 0 Å². The zero-order valence-corrected chi connectivity index (χ0v) is 6.07. The average molecular weight is 161 g/mol. The second kappa shape index (κ2) is 3.77. The number of nitrogens with one attached hydrogen (secondary N) is 1. The molecule has 0 aliphatic heterocycles. The van der Waals surface area contributed by atoms with Gasteiger partial charge in [0.25, 0.3) is 0 Å². The molecule has 0 heterocycles. The Morgan fingerprint density at radius 3 is 2.36 bits per heavy atom. The maximum absolute atomic E-state index is 10.1. The number of primary amides is 1. The minimum absolute atomic E-state index is 0.459. The molecule has 0 saturated carbocycles. The molecule has 0 spiro atoms. The lowest BCUT2D eigenvalue weighted by atomic mass is 10.2. The molecule has 6 nitrogen and oxygen atoms in total. The van der Waals surface area contributed by atoms with Crippen LogP contribution in [-0.2, 0) is 4.74 Å². The molecule has 1 amide bonds. The highest BCUT2D eigenvalue weighted by molar-refractivity contribution is 5.82. The maximum atomic E-state index is 10.1. The molecule has 0 aliphatic carbocycles. The van der Waals surface area contributed by atoms with E-state index in [4.69, 9.17) is 16.2 Å². The van der Waals surface area contributed by atoms with Crippen molar-refractivity contribution in [2.24, 2.45) is 11.5 Å². The first-order chi connectivity index (χ1) is 4.95. The number of amides is 1. The summed E-state index contributed by atoms with van der Waals surface area (Å²) in [6.07, 6.45) is -3.18. The van der Waals surface area contributed by atoms with E-state index in [9.17, 15) is 4.79 Å². The number of hydrogen-bond donors (Lipinski definition) is 4. The molecule has 0 fully saturated rings. The number of hydrogen-bond acceptors (Lipinski definition) is 4. The molecular formula is C5H11N3O3. The van der Waals surface area contributed by atoms with Gasteiger partial charge in [-0.2, -0.15) is 0 Å². The van der Waals surface area contributed by atoms with Gasteiger partial charge in [-0.1, -0.05) is 0 Å². The van der Waals surface area contributed by atoms with Crippen molar-refractivity contribution in [1.82, 2.24) is 0 Å². The van der Waals surface area contributed by atoms with E-state index in [0.29, 0.717) is 0 Å². The average Bonchev–Trinajstić information content (AvgIpc) is 1.84. The summed E-state index contributed by atoms with van der Waals surface area (Å²) in [5.74, 6) is -0.459. The van der Waals surface area contributed by atoms with Crippen molar-refractivity contribution in [3.8, 4) is 0 Å². The topological polar surface area (TPSA) is 122 Å². The van der Waals surface area contributed by atoms with E-state index in [2.05, 4.69) is 10.5 Å². The Morgan fingerprint density at radius 1 is 1.64 bits per heavy atom. The van der Waals surface area contributed by atoms with Gasteiger partial charge in [0.2, 0.25) is 0 Å². The lowest BCUT2D eigenvalue weighted by Crippen LogP contribution is -2.40. The molecule has 0 aliphatic rings. The van der Waals surface area contributed by atoms with Crippen LogP contribution in [0.15, 0.2) is 0 Å². The van der Waals surface area contributed by atoms with Gasteiger partial charge in [-0.25, -0.2) is 4.79 Å². The summed E-state index contributed by atoms with van der Waals surface area (Å²) in [4.78, 5) is 10.1. The van der Waals surface area contributed by atoms with E-state index < -0.39 is 24.1 Å². The Labute approximate surface area is 63.6 Å². The normalized spacial score (nSPS) is 15.1. The van der Waals surface area contributed by atoms with Gasteiger partial charge in [-0.15, -0.1) is 0 Å². The third-order valence-electron chi connectivity index (χ3n) is 1.07. The van der Waals surface area contributed by atoms with Crippen LogP contribution in [0.2, 0.25) is 0 Å². The molecule has 6 N–H and O–H groups in total. The van der Waals surface area contributed by atoms with Gasteiger partial charge < -0.3 is 21.3 Å². The third-order valence-corrected chi connectivity index (χ3v) is 1.07. The van der Waals surface area contributed by atoms with Crippen molar-refractivity contribution in [2.75, 3.05) is 0 Å². The van der Waals surface area contributed by atoms with Crippen LogP contribution in [0.25, 0.3) is 0 Å². The number of nitrogens with two attached hydrogens (primary N) is 2. The Kier molecular flexibility index (Phi) is 3.32. The van der Waals surface area contributed by atoms with Gasteiger partial charge >= 0.3 is 6.09 Å². The van der Waals surface area contributed by atoms with Crippen LogP contribution in [0.1, 0.15) is 6.92 Å². The van der Waals surface area contributed by atoms with E-state index in [1.807, 2.05) is 0 Å². The highest BCUT2D eigenvalue weighted by Crippen LogP contribution is 1.97. The molecule has 0 radical (unpaired) electrons. The lowest BCUT2D eigenvalue weighted by Gasteiger charge is -2.16. The predicted octanol–water partition coefficient (Wildman–Crippen LogP) is -1.23. The van der Waals surface area contributed by atoms with Crippen LogP contribution in [0.3, 0.4) is 0 Å². The minimum Gasteiger partial charge on any atom is -0.443 e. The predicted molar refractivity (Wildman–Crippen MR) is 38.1 cm³/mol. The summed E-state index contributed by atoms with van der Waals surface area (Å²) in [7, 11) is 0. The van der Waals surface area contributed by atoms with E-state index >= 15 is 0 Å². The largest absolute Gasteiger partial charge is 0.443 e. The Morgan fingerprint density at radius 2 is 2.09 bits per heavy atom. The van der Waals surface area contributed by atoms with Gasteiger partial charge in [0.05, 0.1) is 0 Å². The SMILES string of the molecule is CC(OC(N)=O)C(O)C(=N)N. The number of ether oxygens (including phenoxy) is 1. The minimum atomic E-state index is -1.29. The summed E-state index contributed by atoms with van der Waals surface area (Å²) in [5.41, 5.74) is 9.56. The van der Waals surface area contributed by atoms with Crippen LogP contribution in [0.5, 0.6) is 0 Å². The van der Waals surface area contributed by atoms with E-state index in [1.165, 1.54) is 6.92 Å². The van der Waals surface area contributed by atoms with Crippen molar-refractivity contribution in [3.63, 3.8) is 0 Å². The standard InChI is InChI=1S/C5H11N3O3/c1-2(11-5(8)10)3(9)4(6)7/h2-3,9H,1H3,(H3,6,7)(H2,8,10). The molecule has 11 heavy (non-hydrogen) atoms. The Hall–Kier alpha value is -1.30. The number of amidine groups is 1. The molecule has 64 valence electrons. The molecule has 6 heteroatoms. The first-order valence-electron chi connectivity index (χ1n) is 2.93. The quantitative estimate of drug-likeness (QED) is 0.305. The monoisotopic (exact) mass is 161 g/mol. The number of carbonyl (C=O) groups is 1. The van der Waals surface area contributed by atoms with Crippen molar-refractivity contribution >= 4 is 11.9 Å². The van der Waals surface area contributed by atoms with Gasteiger partial charge in [0.15, 0.2) is 0 Å². The zero-order valence-electron chi connectivity index (χ0n) is 6.07. The molecule has 0 aromatic rings. The molecule has 2 unspecified atom stereocenters. The number of aliphatic hydroxyl groups is 1. The number of rotatable bonds is 3. The van der Waals surface area contributed by atoms with Crippen LogP contribution < -0.4 is 11.5 Å². The summed E-state index contributed by atoms with van der Waals surface area (Å²) >= 11 is 0. The highest BCUT2D eigenvalue weighted by Gasteiger charge is 2.19. The van der Waals surface area contributed by atoms with Crippen molar-refractivity contribution in [1.29, 1.82) is 5.41 Å². The summed E-state index contributed by atoms with van der Waals surface area (Å²) in [6, 6.07) is 0. The number of carbonyl (C=O) groups excluding carboxylic acids is 1. The Balaban J connectivity index is 3.92. The van der Waals surface area contributed by atoms with Crippen molar-refractivity contribution in [2.45, 2.75) is 19.1 Å². The molecule has 0 rings (SSSR count). The number of aliphatic hydroxyl groups excluding tert-OH is 1. The summed E-state index contributed by atoms with van der Waals surface area (Å²) in [6.45, 7) is 1.39. The summed E-state index contributed by atoms with van der Waals surface area (Å²) < 4.78 is 4.34.